The Balaban J connectivity index is 1.12. The van der Waals surface area contributed by atoms with Gasteiger partial charge in [0.15, 0.2) is 5.69 Å². The quantitative estimate of drug-likeness (QED) is 0.193. The first kappa shape index (κ1) is 28.5. The number of likely N-dealkylation sites (tertiary alicyclic amines) is 1. The average Bonchev–Trinajstić information content (AvgIpc) is 3.73. The van der Waals surface area contributed by atoms with Gasteiger partial charge in [-0.15, -0.1) is 11.3 Å². The molecule has 0 unspecified atom stereocenters. The molecule has 1 saturated heterocycles. The van der Waals surface area contributed by atoms with E-state index in [4.69, 9.17) is 21.3 Å². The summed E-state index contributed by atoms with van der Waals surface area (Å²) < 4.78 is 24.3. The number of pyridine rings is 1. The van der Waals surface area contributed by atoms with Gasteiger partial charge in [-0.2, -0.15) is 0 Å². The van der Waals surface area contributed by atoms with Crippen LogP contribution in [0.15, 0.2) is 55.0 Å². The van der Waals surface area contributed by atoms with Crippen molar-refractivity contribution < 1.29 is 19.0 Å². The number of nitrogens with zero attached hydrogens (tertiary/aromatic N) is 7. The van der Waals surface area contributed by atoms with Crippen molar-refractivity contribution in [3.8, 4) is 5.88 Å². The SMILES string of the molecule is [C-]#[N+]c1ccc(COc2cccc(C3CCN(Cc4nc5sc(C(=O)O)cc5n4Cc4cncn4CC)CC3)n2)c(F)c1. The van der Waals surface area contributed by atoms with Crippen LogP contribution in [0.3, 0.4) is 0 Å². The molecule has 5 heterocycles. The summed E-state index contributed by atoms with van der Waals surface area (Å²) in [6.45, 7) is 12.9. The lowest BCUT2D eigenvalue weighted by Crippen LogP contribution is -2.33. The highest BCUT2D eigenvalue weighted by molar-refractivity contribution is 7.20. The van der Waals surface area contributed by atoms with E-state index in [-0.39, 0.29) is 23.1 Å². The first-order valence-electron chi connectivity index (χ1n) is 14.1. The van der Waals surface area contributed by atoms with Gasteiger partial charge < -0.3 is 19.0 Å². The van der Waals surface area contributed by atoms with Gasteiger partial charge in [0.05, 0.1) is 37.2 Å². The molecule has 0 bridgehead atoms. The summed E-state index contributed by atoms with van der Waals surface area (Å²) in [5.41, 5.74) is 3.47. The van der Waals surface area contributed by atoms with Gasteiger partial charge in [-0.05, 0) is 51.1 Å². The van der Waals surface area contributed by atoms with Crippen molar-refractivity contribution in [1.29, 1.82) is 0 Å². The molecular weight excluding hydrogens is 569 g/mol. The van der Waals surface area contributed by atoms with Gasteiger partial charge >= 0.3 is 5.97 Å². The Morgan fingerprint density at radius 1 is 1.19 bits per heavy atom. The minimum absolute atomic E-state index is 0.0378. The second kappa shape index (κ2) is 12.3. The highest BCUT2D eigenvalue weighted by Gasteiger charge is 2.25. The van der Waals surface area contributed by atoms with Crippen LogP contribution >= 0.6 is 11.3 Å². The Morgan fingerprint density at radius 3 is 2.77 bits per heavy atom. The van der Waals surface area contributed by atoms with Gasteiger partial charge in [0.1, 0.15) is 28.0 Å². The predicted molar refractivity (Wildman–Crippen MR) is 160 cm³/mol. The molecule has 12 heteroatoms. The van der Waals surface area contributed by atoms with Crippen LogP contribution in [0, 0.1) is 12.4 Å². The third-order valence-corrected chi connectivity index (χ3v) is 8.86. The van der Waals surface area contributed by atoms with Crippen LogP contribution in [-0.2, 0) is 26.2 Å². The molecule has 1 aromatic carbocycles. The van der Waals surface area contributed by atoms with Crippen LogP contribution in [0.4, 0.5) is 10.1 Å². The fourth-order valence-corrected chi connectivity index (χ4v) is 6.38. The maximum absolute atomic E-state index is 14.3. The van der Waals surface area contributed by atoms with Gasteiger partial charge in [0.2, 0.25) is 5.88 Å². The second-order valence-corrected chi connectivity index (χ2v) is 11.5. The summed E-state index contributed by atoms with van der Waals surface area (Å²) in [6.07, 6.45) is 5.50. The lowest BCUT2D eigenvalue weighted by atomic mass is 9.93. The molecule has 0 aliphatic carbocycles. The summed E-state index contributed by atoms with van der Waals surface area (Å²) in [5, 5.41) is 9.53. The zero-order chi connectivity index (χ0) is 29.9. The number of hydrogen-bond donors (Lipinski definition) is 1. The number of aromatic carboxylic acids is 1. The number of carboxylic acid groups (broad SMARTS) is 1. The third-order valence-electron chi connectivity index (χ3n) is 7.85. The molecule has 0 amide bonds. The van der Waals surface area contributed by atoms with Crippen molar-refractivity contribution in [1.82, 2.24) is 29.0 Å². The average molecular weight is 600 g/mol. The third kappa shape index (κ3) is 6.14. The standard InChI is InChI=1S/C31H30FN7O3S/c1-3-38-19-34-15-23(38)16-39-26-14-27(31(40)41)43-30(26)36-28(39)17-37-11-9-20(10-12-37)25-5-4-6-29(35-25)42-18-21-7-8-22(33-2)13-24(21)32/h4-8,13-15,19-20H,3,9-12,16-18H2,1H3,(H,40,41). The van der Waals surface area contributed by atoms with Crippen molar-refractivity contribution in [2.24, 2.45) is 0 Å². The summed E-state index contributed by atoms with van der Waals surface area (Å²) in [5.74, 6) is 0.223. The number of piperidine rings is 1. The Labute approximate surface area is 251 Å². The number of rotatable bonds is 10. The molecule has 0 radical (unpaired) electrons. The van der Waals surface area contributed by atoms with Crippen LogP contribution in [-0.4, -0.2) is 53.2 Å². The molecule has 1 N–H and O–H groups in total. The lowest BCUT2D eigenvalue weighted by molar-refractivity contribution is 0.0702. The number of fused-ring (bicyclic) bond motifs is 1. The number of aryl methyl sites for hydroxylation is 1. The number of benzene rings is 1. The van der Waals surface area contributed by atoms with Crippen molar-refractivity contribution in [3.05, 3.63) is 99.9 Å². The first-order chi connectivity index (χ1) is 20.9. The molecule has 0 saturated carbocycles. The van der Waals surface area contributed by atoms with Crippen LogP contribution in [0.5, 0.6) is 5.88 Å². The van der Waals surface area contributed by atoms with Gasteiger partial charge in [0.25, 0.3) is 0 Å². The number of imidazole rings is 2. The topological polar surface area (TPSA) is 103 Å². The molecule has 4 aromatic heterocycles. The molecule has 1 aliphatic heterocycles. The highest BCUT2D eigenvalue weighted by atomic mass is 32.1. The zero-order valence-electron chi connectivity index (χ0n) is 23.6. The minimum atomic E-state index is -0.942. The van der Waals surface area contributed by atoms with E-state index in [2.05, 4.69) is 30.8 Å². The fourth-order valence-electron chi connectivity index (χ4n) is 5.49. The summed E-state index contributed by atoms with van der Waals surface area (Å²) in [6, 6.07) is 11.8. The van der Waals surface area contributed by atoms with E-state index in [0.717, 1.165) is 60.0 Å². The van der Waals surface area contributed by atoms with Gasteiger partial charge in [0, 0.05) is 36.0 Å². The second-order valence-electron chi connectivity index (χ2n) is 10.5. The summed E-state index contributed by atoms with van der Waals surface area (Å²) >= 11 is 1.20. The van der Waals surface area contributed by atoms with Crippen LogP contribution in [0.25, 0.3) is 15.2 Å². The number of halogens is 1. The largest absolute Gasteiger partial charge is 0.477 e. The molecule has 0 atom stereocenters. The monoisotopic (exact) mass is 599 g/mol. The van der Waals surface area contributed by atoms with E-state index < -0.39 is 11.8 Å². The Hall–Kier alpha value is -4.60. The van der Waals surface area contributed by atoms with E-state index in [1.165, 1.54) is 17.4 Å². The van der Waals surface area contributed by atoms with Crippen LogP contribution in [0.2, 0.25) is 0 Å². The molecule has 1 aliphatic rings. The number of aromatic nitrogens is 5. The number of thiophene rings is 1. The Bertz CT molecular complexity index is 1810. The van der Waals surface area contributed by atoms with E-state index in [0.29, 0.717) is 24.5 Å². The van der Waals surface area contributed by atoms with E-state index in [1.54, 1.807) is 24.3 Å². The van der Waals surface area contributed by atoms with Crippen molar-refractivity contribution in [2.75, 3.05) is 13.1 Å². The number of carboxylic acids is 1. The molecule has 5 aromatic rings. The van der Waals surface area contributed by atoms with Crippen molar-refractivity contribution in [2.45, 2.75) is 51.9 Å². The van der Waals surface area contributed by atoms with Gasteiger partial charge in [-0.1, -0.05) is 18.2 Å². The van der Waals surface area contributed by atoms with Crippen LogP contribution in [0.1, 0.15) is 58.1 Å². The number of ether oxygens (including phenoxy) is 1. The fraction of sp³-hybridized carbons (Fsp3) is 0.323. The highest BCUT2D eigenvalue weighted by Crippen LogP contribution is 2.31. The molecule has 6 rings (SSSR count). The Morgan fingerprint density at radius 2 is 2.02 bits per heavy atom. The van der Waals surface area contributed by atoms with E-state index in [1.807, 2.05) is 24.7 Å². The predicted octanol–water partition coefficient (Wildman–Crippen LogP) is 6.10. The smallest absolute Gasteiger partial charge is 0.346 e. The zero-order valence-corrected chi connectivity index (χ0v) is 24.4. The molecule has 10 nitrogen and oxygen atoms in total. The van der Waals surface area contributed by atoms with Crippen molar-refractivity contribution >= 4 is 33.3 Å². The summed E-state index contributed by atoms with van der Waals surface area (Å²) in [7, 11) is 0. The minimum Gasteiger partial charge on any atom is -0.477 e. The normalized spacial score (nSPS) is 14.3. The molecule has 220 valence electrons. The van der Waals surface area contributed by atoms with E-state index in [9.17, 15) is 14.3 Å². The number of hydrogen-bond acceptors (Lipinski definition) is 7. The number of carbonyl (C=O) groups is 1. The van der Waals surface area contributed by atoms with Gasteiger partial charge in [-0.3, -0.25) is 4.90 Å². The Kier molecular flexibility index (Phi) is 8.18. The van der Waals surface area contributed by atoms with Crippen molar-refractivity contribution in [3.63, 3.8) is 0 Å². The lowest BCUT2D eigenvalue weighted by Gasteiger charge is -2.31. The van der Waals surface area contributed by atoms with Gasteiger partial charge in [-0.25, -0.2) is 29.0 Å². The molecule has 43 heavy (non-hydrogen) atoms. The molecular formula is C31H30FN7O3S. The maximum atomic E-state index is 14.3. The maximum Gasteiger partial charge on any atom is 0.346 e. The summed E-state index contributed by atoms with van der Waals surface area (Å²) in [4.78, 5) is 32.1. The molecule has 0 spiro atoms. The first-order valence-corrected chi connectivity index (χ1v) is 14.9. The molecule has 1 fully saturated rings. The van der Waals surface area contributed by atoms with E-state index >= 15 is 0 Å². The van der Waals surface area contributed by atoms with Crippen LogP contribution < -0.4 is 4.74 Å².